The summed E-state index contributed by atoms with van der Waals surface area (Å²) in [5, 5.41) is 17.0. The minimum absolute atomic E-state index is 0. The minimum Gasteiger partial charge on any atom is -0.508 e. The van der Waals surface area contributed by atoms with Crippen LogP contribution in [0.3, 0.4) is 0 Å². The summed E-state index contributed by atoms with van der Waals surface area (Å²) in [5.74, 6) is -0.725. The number of aromatic amines is 1. The van der Waals surface area contributed by atoms with E-state index in [-0.39, 0.29) is 24.1 Å². The zero-order chi connectivity index (χ0) is 22.2. The summed E-state index contributed by atoms with van der Waals surface area (Å²) in [5.41, 5.74) is 13.2. The van der Waals surface area contributed by atoms with Gasteiger partial charge in [0.25, 0.3) is 5.91 Å². The molecule has 0 aliphatic carbocycles. The molecule has 1 atom stereocenters. The summed E-state index contributed by atoms with van der Waals surface area (Å²) in [6.45, 7) is 0. The van der Waals surface area contributed by atoms with Gasteiger partial charge < -0.3 is 21.1 Å². The van der Waals surface area contributed by atoms with Crippen molar-refractivity contribution in [2.45, 2.75) is 6.04 Å². The summed E-state index contributed by atoms with van der Waals surface area (Å²) in [4.78, 5) is 28.8. The van der Waals surface area contributed by atoms with Crippen LogP contribution in [0.1, 0.15) is 27.5 Å². The second-order valence-electron chi connectivity index (χ2n) is 7.48. The molecule has 0 bridgehead atoms. The number of aromatic hydroxyl groups is 1. The second-order valence-corrected chi connectivity index (χ2v) is 7.48. The lowest BCUT2D eigenvalue weighted by Gasteiger charge is -2.14. The van der Waals surface area contributed by atoms with Crippen LogP contribution < -0.4 is 16.5 Å². The Labute approximate surface area is 194 Å². The fraction of sp³-hybridized carbons (Fsp3) is 0.0417. The monoisotopic (exact) mass is 461 g/mol. The Morgan fingerprint density at radius 3 is 2.52 bits per heavy atom. The number of carbonyl (C=O) groups excluding carboxylic acids is 2. The van der Waals surface area contributed by atoms with Crippen LogP contribution >= 0.6 is 12.4 Å². The van der Waals surface area contributed by atoms with Crippen LogP contribution in [0, 0.1) is 0 Å². The third-order valence-electron chi connectivity index (χ3n) is 5.41. The molecule has 2 heterocycles. The first-order valence-corrected chi connectivity index (χ1v) is 9.95. The summed E-state index contributed by atoms with van der Waals surface area (Å²) >= 11 is 0. The van der Waals surface area contributed by atoms with Crippen molar-refractivity contribution in [3.8, 4) is 17.0 Å². The number of phenols is 1. The van der Waals surface area contributed by atoms with E-state index in [0.29, 0.717) is 22.3 Å². The van der Waals surface area contributed by atoms with E-state index in [9.17, 15) is 14.7 Å². The Balaban J connectivity index is 0.00000259. The number of carbonyl (C=O) groups is 2. The number of anilines is 1. The molecule has 0 fully saturated rings. The number of halogens is 1. The number of phenolic OH excluding ortho intramolecular Hbond substituents is 1. The largest absolute Gasteiger partial charge is 0.508 e. The van der Waals surface area contributed by atoms with Crippen LogP contribution in [0.25, 0.3) is 22.2 Å². The van der Waals surface area contributed by atoms with Crippen molar-refractivity contribution in [3.63, 3.8) is 0 Å². The fourth-order valence-electron chi connectivity index (χ4n) is 3.84. The maximum atomic E-state index is 12.8. The van der Waals surface area contributed by atoms with Crippen LogP contribution in [-0.4, -0.2) is 28.1 Å². The molecule has 8 nitrogen and oxygen atoms in total. The number of hydrogen-bond acceptors (Lipinski definition) is 5. The molecule has 0 saturated carbocycles. The Morgan fingerprint density at radius 2 is 1.79 bits per heavy atom. The molecule has 166 valence electrons. The number of nitrogens with two attached hydrogens (primary N) is 1. The molecular formula is C24H20ClN5O3. The smallest absolute Gasteiger partial charge is 0.272 e. The van der Waals surface area contributed by atoms with Gasteiger partial charge >= 0.3 is 0 Å². The Hall–Kier alpha value is -4.14. The van der Waals surface area contributed by atoms with Crippen molar-refractivity contribution in [3.05, 3.63) is 83.4 Å². The molecule has 4 aromatic rings. The van der Waals surface area contributed by atoms with Gasteiger partial charge in [-0.05, 0) is 35.4 Å². The van der Waals surface area contributed by atoms with E-state index in [1.807, 2.05) is 30.3 Å². The van der Waals surface area contributed by atoms with E-state index >= 15 is 0 Å². The number of hydrazone groups is 1. The highest BCUT2D eigenvalue weighted by molar-refractivity contribution is 6.18. The number of H-pyrrole nitrogens is 1. The quantitative estimate of drug-likeness (QED) is 0.317. The lowest BCUT2D eigenvalue weighted by Crippen LogP contribution is -2.27. The summed E-state index contributed by atoms with van der Waals surface area (Å²) in [6.07, 6.45) is 1.62. The minimum atomic E-state index is -0.943. The molecule has 6 N–H and O–H groups in total. The van der Waals surface area contributed by atoms with Gasteiger partial charge in [-0.15, -0.1) is 12.4 Å². The third kappa shape index (κ3) is 4.05. The molecule has 1 aliphatic rings. The lowest BCUT2D eigenvalue weighted by molar-refractivity contribution is -0.117. The van der Waals surface area contributed by atoms with E-state index in [0.717, 1.165) is 22.2 Å². The first-order valence-electron chi connectivity index (χ1n) is 9.95. The molecule has 1 aliphatic heterocycles. The Kier molecular flexibility index (Phi) is 5.87. The van der Waals surface area contributed by atoms with Gasteiger partial charge in [0, 0.05) is 22.2 Å². The van der Waals surface area contributed by atoms with Crippen molar-refractivity contribution >= 4 is 47.0 Å². The Morgan fingerprint density at radius 1 is 1.06 bits per heavy atom. The average Bonchev–Trinajstić information content (AvgIpc) is 3.08. The number of amides is 2. The molecule has 3 aromatic carbocycles. The summed E-state index contributed by atoms with van der Waals surface area (Å²) in [6, 6.07) is 18.3. The van der Waals surface area contributed by atoms with Gasteiger partial charge in [0.1, 0.15) is 11.8 Å². The van der Waals surface area contributed by atoms with Gasteiger partial charge in [0.15, 0.2) is 0 Å². The first kappa shape index (κ1) is 22.1. The standard InChI is InChI=1S/C24H19N5O3.ClH/c25-21(13-6-8-16(30)9-7-13)24(32)27-15-10-17-20-18(12-26-29-23(17)31)22(28-19(20)11-15)14-4-2-1-3-5-14;/h1-12,21,28,30H,25H2,(H,27,32)(H,29,31);1H/t21-;/m1./s1. The van der Waals surface area contributed by atoms with Crippen LogP contribution in [0.4, 0.5) is 5.69 Å². The number of benzene rings is 3. The van der Waals surface area contributed by atoms with E-state index < -0.39 is 11.9 Å². The summed E-state index contributed by atoms with van der Waals surface area (Å²) < 4.78 is 0. The van der Waals surface area contributed by atoms with Crippen LogP contribution in [0.15, 0.2) is 71.8 Å². The van der Waals surface area contributed by atoms with E-state index in [1.165, 1.54) is 12.1 Å². The average molecular weight is 462 g/mol. The SMILES string of the molecule is Cl.N[C@@H](C(=O)Nc1cc2c3c(c(-c4ccccc4)[nH]c3c1)C=NNC2=O)c1ccc(O)cc1. The molecule has 0 radical (unpaired) electrons. The molecule has 1 aromatic heterocycles. The number of rotatable bonds is 4. The topological polar surface area (TPSA) is 133 Å². The highest BCUT2D eigenvalue weighted by Crippen LogP contribution is 2.34. The van der Waals surface area contributed by atoms with Crippen molar-refractivity contribution in [2.75, 3.05) is 5.32 Å². The number of nitrogens with one attached hydrogen (secondary N) is 3. The summed E-state index contributed by atoms with van der Waals surface area (Å²) in [7, 11) is 0. The van der Waals surface area contributed by atoms with Gasteiger partial charge in [-0.2, -0.15) is 5.10 Å². The molecule has 2 amide bonds. The van der Waals surface area contributed by atoms with Crippen LogP contribution in [0.5, 0.6) is 5.75 Å². The predicted molar refractivity (Wildman–Crippen MR) is 130 cm³/mol. The van der Waals surface area contributed by atoms with Crippen molar-refractivity contribution < 1.29 is 14.7 Å². The highest BCUT2D eigenvalue weighted by atomic mass is 35.5. The number of hydrogen-bond donors (Lipinski definition) is 5. The zero-order valence-electron chi connectivity index (χ0n) is 17.2. The van der Waals surface area contributed by atoms with Crippen LogP contribution in [-0.2, 0) is 4.79 Å². The van der Waals surface area contributed by atoms with Gasteiger partial charge in [0.2, 0.25) is 5.91 Å². The van der Waals surface area contributed by atoms with Gasteiger partial charge in [0.05, 0.1) is 17.5 Å². The van der Waals surface area contributed by atoms with Gasteiger partial charge in [-0.3, -0.25) is 9.59 Å². The normalized spacial score (nSPS) is 13.1. The van der Waals surface area contributed by atoms with Gasteiger partial charge in [-0.25, -0.2) is 5.43 Å². The first-order chi connectivity index (χ1) is 15.5. The molecule has 5 rings (SSSR count). The van der Waals surface area contributed by atoms with E-state index in [2.05, 4.69) is 20.8 Å². The molecule has 0 spiro atoms. The van der Waals surface area contributed by atoms with Crippen molar-refractivity contribution in [1.29, 1.82) is 0 Å². The number of aromatic nitrogens is 1. The number of nitrogens with zero attached hydrogens (tertiary/aromatic N) is 1. The second kappa shape index (κ2) is 8.78. The predicted octanol–water partition coefficient (Wildman–Crippen LogP) is 3.68. The Bertz CT molecular complexity index is 1380. The van der Waals surface area contributed by atoms with Gasteiger partial charge in [-0.1, -0.05) is 42.5 Å². The van der Waals surface area contributed by atoms with Crippen LogP contribution in [0.2, 0.25) is 0 Å². The maximum absolute atomic E-state index is 12.8. The van der Waals surface area contributed by atoms with E-state index in [4.69, 9.17) is 5.73 Å². The molecule has 0 saturated heterocycles. The fourth-order valence-corrected chi connectivity index (χ4v) is 3.84. The molecule has 9 heteroatoms. The molecule has 33 heavy (non-hydrogen) atoms. The van der Waals surface area contributed by atoms with E-state index in [1.54, 1.807) is 30.5 Å². The zero-order valence-corrected chi connectivity index (χ0v) is 18.0. The molecular weight excluding hydrogens is 442 g/mol. The highest BCUT2D eigenvalue weighted by Gasteiger charge is 2.23. The maximum Gasteiger partial charge on any atom is 0.272 e. The third-order valence-corrected chi connectivity index (χ3v) is 5.41. The molecule has 0 unspecified atom stereocenters. The van der Waals surface area contributed by atoms with Crippen molar-refractivity contribution in [1.82, 2.24) is 10.4 Å². The lowest BCUT2D eigenvalue weighted by atomic mass is 10.0. The van der Waals surface area contributed by atoms with Crippen molar-refractivity contribution in [2.24, 2.45) is 10.8 Å².